The largest absolute Gasteiger partial charge is 1.00 e. The van der Waals surface area contributed by atoms with E-state index in [-0.39, 0.29) is 40.6 Å². The van der Waals surface area contributed by atoms with Crippen molar-refractivity contribution in [3.8, 4) is 0 Å². The second-order valence-electron chi connectivity index (χ2n) is 6.61. The van der Waals surface area contributed by atoms with Crippen molar-refractivity contribution in [2.75, 3.05) is 0 Å². The Hall–Kier alpha value is 0.501. The Labute approximate surface area is 173 Å². The van der Waals surface area contributed by atoms with Crippen LogP contribution < -0.4 is 42.4 Å². The van der Waals surface area contributed by atoms with E-state index in [2.05, 4.69) is 90.7 Å². The van der Waals surface area contributed by atoms with E-state index in [1.165, 1.54) is 24.0 Å². The maximum atomic E-state index is 2.53. The topological polar surface area (TPSA) is 0 Å². The Morgan fingerprint density at radius 1 is 1.00 bits per heavy atom. The fraction of sp³-hybridized carbons (Fsp3) is 0.444. The molecule has 2 rings (SSSR count). The van der Waals surface area contributed by atoms with Crippen LogP contribution in [0.4, 0.5) is 0 Å². The van der Waals surface area contributed by atoms with Gasteiger partial charge in [-0.15, -0.1) is 0 Å². The molecule has 126 valence electrons. The zero-order chi connectivity index (χ0) is 15.0. The predicted octanol–water partition coefficient (Wildman–Crippen LogP) is -4.23. The van der Waals surface area contributed by atoms with Crippen LogP contribution in [-0.2, 0) is 20.4 Å². The van der Waals surface area contributed by atoms with Gasteiger partial charge in [0, 0.05) is 0 Å². The van der Waals surface area contributed by atoms with Crippen molar-refractivity contribution >= 4 is 13.3 Å². The van der Waals surface area contributed by atoms with Crippen LogP contribution in [-0.4, -0.2) is 8.07 Å². The molecule has 0 aliphatic heterocycles. The predicted molar refractivity (Wildman–Crippen MR) is 87.9 cm³/mol. The van der Waals surface area contributed by atoms with E-state index in [0.29, 0.717) is 0 Å². The molecule has 23 heavy (non-hydrogen) atoms. The first-order valence-electron chi connectivity index (χ1n) is 7.54. The summed E-state index contributed by atoms with van der Waals surface area (Å²) in [6, 6.07) is 7.12. The van der Waals surface area contributed by atoms with Gasteiger partial charge in [0.25, 0.3) is 0 Å². The van der Waals surface area contributed by atoms with E-state index in [9.17, 15) is 0 Å². The molecule has 1 aromatic carbocycles. The molecular formula is C18H25Cl3SiTi. The Bertz CT molecular complexity index is 561. The van der Waals surface area contributed by atoms with Gasteiger partial charge in [0.15, 0.2) is 0 Å². The number of rotatable bonds is 4. The molecule has 1 aliphatic carbocycles. The standard InChI is InChI=1S/C18H25Si.3ClH.Ti/c1-6-8-16-9-7-10-18(16)19(4,5)17-12-14(2)11-15(3)13-17;;;;/h7,9-13H,6,8H2,1-5H3;3*1H;/q;;;;+3/p-3. The van der Waals surface area contributed by atoms with Crippen LogP contribution in [0, 0.1) is 13.8 Å². The van der Waals surface area contributed by atoms with E-state index in [1.54, 1.807) is 10.8 Å². The van der Waals surface area contributed by atoms with Crippen LogP contribution in [0.25, 0.3) is 0 Å². The minimum atomic E-state index is -1.59. The van der Waals surface area contributed by atoms with Gasteiger partial charge in [-0.2, -0.15) is 0 Å². The summed E-state index contributed by atoms with van der Waals surface area (Å²) in [7, 11) is -1.59. The number of hydrogen-bond acceptors (Lipinski definition) is 0. The van der Waals surface area contributed by atoms with Gasteiger partial charge in [-0.05, 0) is 0 Å². The van der Waals surface area contributed by atoms with Gasteiger partial charge in [0.2, 0.25) is 0 Å². The van der Waals surface area contributed by atoms with Crippen LogP contribution in [0.1, 0.15) is 30.9 Å². The maximum Gasteiger partial charge on any atom is -1.00 e. The Balaban J connectivity index is 0. The van der Waals surface area contributed by atoms with Gasteiger partial charge in [-0.3, -0.25) is 0 Å². The van der Waals surface area contributed by atoms with Crippen molar-refractivity contribution < 1.29 is 57.7 Å². The molecule has 0 spiro atoms. The molecule has 1 aromatic rings. The molecule has 1 unspecified atom stereocenters. The summed E-state index contributed by atoms with van der Waals surface area (Å²) in [5, 5.41) is 1.59. The average molecular weight is 424 g/mol. The first-order chi connectivity index (χ1) is 9.31. The van der Waals surface area contributed by atoms with Gasteiger partial charge in [-0.1, -0.05) is 0 Å². The fourth-order valence-corrected chi connectivity index (χ4v) is 7.58. The fourth-order valence-electron chi connectivity index (χ4n) is 3.27. The summed E-state index contributed by atoms with van der Waals surface area (Å²) in [5.41, 5.74) is 4.43. The van der Waals surface area contributed by atoms with Crippen LogP contribution in [0.2, 0.25) is 16.4 Å². The number of benzene rings is 1. The van der Waals surface area contributed by atoms with Gasteiger partial charge in [0.1, 0.15) is 0 Å². The number of halogens is 3. The molecule has 1 aliphatic rings. The molecule has 0 nitrogen and oxygen atoms in total. The summed E-state index contributed by atoms with van der Waals surface area (Å²) in [5.74, 6) is 0. The summed E-state index contributed by atoms with van der Waals surface area (Å²) < 4.78 is 0.267. The van der Waals surface area contributed by atoms with Crippen LogP contribution >= 0.6 is 0 Å². The van der Waals surface area contributed by atoms with Crippen LogP contribution in [0.5, 0.6) is 0 Å². The summed E-state index contributed by atoms with van der Waals surface area (Å²) in [4.78, 5) is 0. The Kier molecular flexibility index (Phi) is 11.0. The van der Waals surface area contributed by atoms with Gasteiger partial charge in [-0.25, -0.2) is 0 Å². The van der Waals surface area contributed by atoms with E-state index in [4.69, 9.17) is 0 Å². The summed E-state index contributed by atoms with van der Waals surface area (Å²) in [6.07, 6.45) is 9.57. The zero-order valence-corrected chi connectivity index (χ0v) is 19.3. The second kappa shape index (κ2) is 9.85. The van der Waals surface area contributed by atoms with Crippen molar-refractivity contribution in [1.82, 2.24) is 0 Å². The molecule has 0 saturated carbocycles. The molecular weight excluding hydrogens is 399 g/mol. The molecule has 0 heterocycles. The van der Waals surface area contributed by atoms with Crippen molar-refractivity contribution in [1.29, 1.82) is 0 Å². The Morgan fingerprint density at radius 3 is 2.00 bits per heavy atom. The SMILES string of the molecule is CCCC1=CC=C[C]1([Ti+3])[Si](C)(C)c1cc(C)cc(C)c1.[Cl-].[Cl-].[Cl-]. The molecule has 0 aromatic heterocycles. The van der Waals surface area contributed by atoms with E-state index < -0.39 is 8.07 Å². The van der Waals surface area contributed by atoms with Crippen molar-refractivity contribution in [2.45, 2.75) is 50.0 Å². The van der Waals surface area contributed by atoms with Crippen LogP contribution in [0.15, 0.2) is 42.0 Å². The first kappa shape index (κ1) is 25.7. The first-order valence-corrected chi connectivity index (χ1v) is 11.3. The van der Waals surface area contributed by atoms with E-state index >= 15 is 0 Å². The van der Waals surface area contributed by atoms with Gasteiger partial charge >= 0.3 is 137 Å². The zero-order valence-electron chi connectivity index (χ0n) is 14.5. The smallest absolute Gasteiger partial charge is 1.00 e. The van der Waals surface area contributed by atoms with E-state index in [0.717, 1.165) is 0 Å². The normalized spacial score (nSPS) is 19.3. The molecule has 0 fully saturated rings. The third kappa shape index (κ3) is 5.00. The minimum absolute atomic E-state index is 0. The third-order valence-corrected chi connectivity index (χ3v) is 12.5. The number of hydrogen-bond donors (Lipinski definition) is 0. The maximum absolute atomic E-state index is 2.53. The van der Waals surface area contributed by atoms with Crippen molar-refractivity contribution in [3.05, 3.63) is 53.1 Å². The van der Waals surface area contributed by atoms with Crippen molar-refractivity contribution in [2.24, 2.45) is 0 Å². The summed E-state index contributed by atoms with van der Waals surface area (Å²) >= 11 is 2.46. The third-order valence-electron chi connectivity index (χ3n) is 4.60. The van der Waals surface area contributed by atoms with Gasteiger partial charge < -0.3 is 37.2 Å². The number of allylic oxidation sites excluding steroid dienone is 4. The second-order valence-corrected chi connectivity index (χ2v) is 13.2. The molecule has 5 heteroatoms. The molecule has 0 saturated heterocycles. The molecule has 0 bridgehead atoms. The number of aryl methyl sites for hydroxylation is 2. The molecule has 0 radical (unpaired) electrons. The van der Waals surface area contributed by atoms with Crippen LogP contribution in [0.3, 0.4) is 0 Å². The van der Waals surface area contributed by atoms with E-state index in [1.807, 2.05) is 0 Å². The molecule has 1 atom stereocenters. The molecule has 0 N–H and O–H groups in total. The monoisotopic (exact) mass is 422 g/mol. The summed E-state index contributed by atoms with van der Waals surface area (Å²) in [6.45, 7) is 11.8. The van der Waals surface area contributed by atoms with Crippen molar-refractivity contribution in [3.63, 3.8) is 0 Å². The average Bonchev–Trinajstić information content (AvgIpc) is 2.72. The quantitative estimate of drug-likeness (QED) is 0.431. The molecule has 0 amide bonds. The minimum Gasteiger partial charge on any atom is -1.00 e. The van der Waals surface area contributed by atoms with Gasteiger partial charge in [0.05, 0.1) is 0 Å². The Morgan fingerprint density at radius 2 is 1.52 bits per heavy atom.